The maximum Gasteiger partial charge on any atom is 0.337 e. The first-order valence-electron chi connectivity index (χ1n) is 8.90. The summed E-state index contributed by atoms with van der Waals surface area (Å²) < 4.78 is 15.6. The van der Waals surface area contributed by atoms with Crippen molar-refractivity contribution in [2.24, 2.45) is 0 Å². The molecule has 7 nitrogen and oxygen atoms in total. The van der Waals surface area contributed by atoms with Gasteiger partial charge >= 0.3 is 5.97 Å². The van der Waals surface area contributed by atoms with E-state index in [0.717, 1.165) is 5.56 Å². The fraction of sp³-hybridized carbons (Fsp3) is 0.0870. The van der Waals surface area contributed by atoms with Crippen LogP contribution in [0.25, 0.3) is 17.4 Å². The molecule has 0 aliphatic heterocycles. The molecule has 0 atom stereocenters. The molecule has 1 aromatic heterocycles. The predicted octanol–water partition coefficient (Wildman–Crippen LogP) is 4.29. The second kappa shape index (κ2) is 9.26. The summed E-state index contributed by atoms with van der Waals surface area (Å²) in [5.41, 5.74) is 1.49. The number of anilines is 1. The lowest BCUT2D eigenvalue weighted by atomic mass is 10.1. The Morgan fingerprint density at radius 2 is 1.77 bits per heavy atom. The highest BCUT2D eigenvalue weighted by Gasteiger charge is 2.14. The van der Waals surface area contributed by atoms with Crippen LogP contribution >= 0.6 is 0 Å². The summed E-state index contributed by atoms with van der Waals surface area (Å²) in [5.74, 6) is 0.347. The number of nitrogens with zero attached hydrogens (tertiary/aromatic N) is 1. The Bertz CT molecular complexity index is 1140. The van der Waals surface area contributed by atoms with Crippen LogP contribution in [0.2, 0.25) is 0 Å². The van der Waals surface area contributed by atoms with Crippen molar-refractivity contribution in [1.29, 1.82) is 5.26 Å². The van der Waals surface area contributed by atoms with Gasteiger partial charge in [-0.2, -0.15) is 5.26 Å². The topological polar surface area (TPSA) is 102 Å². The number of benzene rings is 2. The van der Waals surface area contributed by atoms with Crippen LogP contribution in [0, 0.1) is 11.3 Å². The Hall–Kier alpha value is -4.31. The molecular weight excluding hydrogens is 384 g/mol. The second-order valence-electron chi connectivity index (χ2n) is 6.10. The first-order chi connectivity index (χ1) is 14.5. The van der Waals surface area contributed by atoms with Gasteiger partial charge in [0.2, 0.25) is 0 Å². The van der Waals surface area contributed by atoms with Crippen molar-refractivity contribution in [2.75, 3.05) is 19.5 Å². The molecule has 0 bridgehead atoms. The lowest BCUT2D eigenvalue weighted by Gasteiger charge is -2.08. The molecule has 0 saturated carbocycles. The summed E-state index contributed by atoms with van der Waals surface area (Å²) in [7, 11) is 2.81. The zero-order valence-electron chi connectivity index (χ0n) is 16.3. The van der Waals surface area contributed by atoms with E-state index in [-0.39, 0.29) is 5.57 Å². The van der Waals surface area contributed by atoms with Gasteiger partial charge in [-0.3, -0.25) is 4.79 Å². The summed E-state index contributed by atoms with van der Waals surface area (Å²) in [6.07, 6.45) is 1.36. The average Bonchev–Trinajstić information content (AvgIpc) is 3.26. The summed E-state index contributed by atoms with van der Waals surface area (Å²) in [6.45, 7) is 0. The van der Waals surface area contributed by atoms with Gasteiger partial charge in [-0.1, -0.05) is 24.3 Å². The molecule has 3 rings (SSSR count). The highest BCUT2D eigenvalue weighted by molar-refractivity contribution is 6.10. The van der Waals surface area contributed by atoms with Gasteiger partial charge < -0.3 is 19.2 Å². The van der Waals surface area contributed by atoms with E-state index in [4.69, 9.17) is 9.15 Å². The molecule has 2 aromatic carbocycles. The number of rotatable bonds is 6. The molecule has 0 unspecified atom stereocenters. The maximum atomic E-state index is 12.5. The number of furan rings is 1. The molecule has 7 heteroatoms. The third kappa shape index (κ3) is 4.56. The van der Waals surface area contributed by atoms with Crippen LogP contribution < -0.4 is 10.1 Å². The smallest absolute Gasteiger partial charge is 0.337 e. The normalized spacial score (nSPS) is 10.8. The minimum Gasteiger partial charge on any atom is -0.495 e. The number of nitriles is 1. The SMILES string of the molecule is COC(=O)c1ccc(-c2ccc(/C=C(/C#N)C(=O)Nc3ccccc3OC)o2)cc1. The largest absolute Gasteiger partial charge is 0.495 e. The third-order valence-electron chi connectivity index (χ3n) is 4.22. The highest BCUT2D eigenvalue weighted by atomic mass is 16.5. The predicted molar refractivity (Wildman–Crippen MR) is 111 cm³/mol. The molecule has 0 saturated heterocycles. The molecule has 0 spiro atoms. The minimum absolute atomic E-state index is 0.122. The average molecular weight is 402 g/mol. The number of ether oxygens (including phenoxy) is 2. The Kier molecular flexibility index (Phi) is 6.30. The molecular formula is C23H18N2O5. The Balaban J connectivity index is 1.79. The van der Waals surface area contributed by atoms with Gasteiger partial charge in [-0.15, -0.1) is 0 Å². The number of hydrogen-bond donors (Lipinski definition) is 1. The molecule has 0 aliphatic rings. The summed E-state index contributed by atoms with van der Waals surface area (Å²) in [5, 5.41) is 12.0. The quantitative estimate of drug-likeness (QED) is 0.375. The van der Waals surface area contributed by atoms with Crippen molar-refractivity contribution in [3.8, 4) is 23.1 Å². The fourth-order valence-corrected chi connectivity index (χ4v) is 2.70. The summed E-state index contributed by atoms with van der Waals surface area (Å²) in [6, 6.07) is 18.8. The molecule has 0 radical (unpaired) electrons. The molecule has 1 N–H and O–H groups in total. The van der Waals surface area contributed by atoms with Crippen molar-refractivity contribution in [2.45, 2.75) is 0 Å². The molecule has 0 fully saturated rings. The van der Waals surface area contributed by atoms with E-state index in [0.29, 0.717) is 28.5 Å². The Labute approximate surface area is 173 Å². The molecule has 150 valence electrons. The van der Waals surface area contributed by atoms with Crippen LogP contribution in [0.3, 0.4) is 0 Å². The zero-order chi connectivity index (χ0) is 21.5. The van der Waals surface area contributed by atoms with E-state index < -0.39 is 11.9 Å². The number of methoxy groups -OCH3 is 2. The second-order valence-corrected chi connectivity index (χ2v) is 6.10. The van der Waals surface area contributed by atoms with E-state index in [1.54, 1.807) is 60.7 Å². The number of nitrogens with one attached hydrogen (secondary N) is 1. The molecule has 0 aliphatic carbocycles. The van der Waals surface area contributed by atoms with E-state index in [1.165, 1.54) is 20.3 Å². The van der Waals surface area contributed by atoms with Gasteiger partial charge in [0.05, 0.1) is 25.5 Å². The van der Waals surface area contributed by atoms with Crippen LogP contribution in [0.4, 0.5) is 5.69 Å². The Morgan fingerprint density at radius 3 is 2.43 bits per heavy atom. The first kappa shape index (κ1) is 20.4. The van der Waals surface area contributed by atoms with Gasteiger partial charge in [0.1, 0.15) is 28.9 Å². The fourth-order valence-electron chi connectivity index (χ4n) is 2.70. The maximum absolute atomic E-state index is 12.5. The van der Waals surface area contributed by atoms with E-state index >= 15 is 0 Å². The molecule has 3 aromatic rings. The number of carbonyl (C=O) groups is 2. The van der Waals surface area contributed by atoms with Gasteiger partial charge in [-0.25, -0.2) is 4.79 Å². The van der Waals surface area contributed by atoms with Crippen LogP contribution in [0.5, 0.6) is 5.75 Å². The summed E-state index contributed by atoms with van der Waals surface area (Å²) >= 11 is 0. The molecule has 1 amide bonds. The van der Waals surface area contributed by atoms with Crippen molar-refractivity contribution in [3.63, 3.8) is 0 Å². The van der Waals surface area contributed by atoms with Gasteiger partial charge in [-0.05, 0) is 36.4 Å². The standard InChI is InChI=1S/C23H18N2O5/c1-28-21-6-4-3-5-19(21)25-22(26)17(14-24)13-18-11-12-20(30-18)15-7-9-16(10-8-15)23(27)29-2/h3-13H,1-2H3,(H,25,26)/b17-13-. The minimum atomic E-state index is -0.581. The van der Waals surface area contributed by atoms with Crippen LogP contribution in [-0.2, 0) is 9.53 Å². The monoisotopic (exact) mass is 402 g/mol. The number of amides is 1. The lowest BCUT2D eigenvalue weighted by molar-refractivity contribution is -0.112. The number of esters is 1. The number of carbonyl (C=O) groups excluding carboxylic acids is 2. The summed E-state index contributed by atoms with van der Waals surface area (Å²) in [4.78, 5) is 24.0. The molecule has 1 heterocycles. The van der Waals surface area contributed by atoms with Crippen LogP contribution in [0.15, 0.2) is 70.7 Å². The van der Waals surface area contributed by atoms with Gasteiger partial charge in [0.25, 0.3) is 5.91 Å². The van der Waals surface area contributed by atoms with Gasteiger partial charge in [0, 0.05) is 11.6 Å². The van der Waals surface area contributed by atoms with E-state index in [9.17, 15) is 14.9 Å². The van der Waals surface area contributed by atoms with Gasteiger partial charge in [0.15, 0.2) is 0 Å². The number of hydrogen-bond acceptors (Lipinski definition) is 6. The first-order valence-corrected chi connectivity index (χ1v) is 8.90. The van der Waals surface area contributed by atoms with Crippen LogP contribution in [-0.4, -0.2) is 26.1 Å². The van der Waals surface area contributed by atoms with Crippen molar-refractivity contribution in [3.05, 3.63) is 77.6 Å². The molecule has 30 heavy (non-hydrogen) atoms. The van der Waals surface area contributed by atoms with Crippen molar-refractivity contribution in [1.82, 2.24) is 0 Å². The lowest BCUT2D eigenvalue weighted by Crippen LogP contribution is -2.14. The third-order valence-corrected chi connectivity index (χ3v) is 4.22. The van der Waals surface area contributed by atoms with E-state index in [1.807, 2.05) is 6.07 Å². The highest BCUT2D eigenvalue weighted by Crippen LogP contribution is 2.26. The zero-order valence-corrected chi connectivity index (χ0v) is 16.3. The van der Waals surface area contributed by atoms with Crippen molar-refractivity contribution >= 4 is 23.6 Å². The Morgan fingerprint density at radius 1 is 1.03 bits per heavy atom. The van der Waals surface area contributed by atoms with Crippen LogP contribution in [0.1, 0.15) is 16.1 Å². The van der Waals surface area contributed by atoms with Crippen molar-refractivity contribution < 1.29 is 23.5 Å². The number of para-hydroxylation sites is 2. The van der Waals surface area contributed by atoms with E-state index in [2.05, 4.69) is 10.1 Å².